The second kappa shape index (κ2) is 10.4. The van der Waals surface area contributed by atoms with Gasteiger partial charge in [0.15, 0.2) is 0 Å². The number of ether oxygens (including phenoxy) is 1. The van der Waals surface area contributed by atoms with Crippen LogP contribution in [-0.2, 0) is 6.54 Å². The van der Waals surface area contributed by atoms with E-state index in [-0.39, 0.29) is 11.9 Å². The van der Waals surface area contributed by atoms with E-state index in [1.807, 2.05) is 44.2 Å². The van der Waals surface area contributed by atoms with Gasteiger partial charge in [0.1, 0.15) is 11.6 Å². The van der Waals surface area contributed by atoms with E-state index >= 15 is 0 Å². The third-order valence-electron chi connectivity index (χ3n) is 5.03. The summed E-state index contributed by atoms with van der Waals surface area (Å²) in [5.74, 6) is 0.848. The minimum Gasteiger partial charge on any atom is -0.439 e. The number of hydrogen-bond donors (Lipinski definition) is 1. The molecule has 0 amide bonds. The topological polar surface area (TPSA) is 50.5 Å². The molecule has 0 spiro atoms. The highest BCUT2D eigenvalue weighted by Crippen LogP contribution is 2.31. The summed E-state index contributed by atoms with van der Waals surface area (Å²) in [6.07, 6.45) is 1.32. The summed E-state index contributed by atoms with van der Waals surface area (Å²) < 4.78 is 21.4. The Labute approximate surface area is 177 Å². The summed E-state index contributed by atoms with van der Waals surface area (Å²) in [5.41, 5.74) is 2.71. The van der Waals surface area contributed by atoms with Crippen molar-refractivity contribution < 1.29 is 14.2 Å². The van der Waals surface area contributed by atoms with Gasteiger partial charge in [-0.3, -0.25) is 4.90 Å². The zero-order valence-corrected chi connectivity index (χ0v) is 17.9. The number of aliphatic hydroxyl groups is 1. The Hall–Kier alpha value is -2.70. The highest BCUT2D eigenvalue weighted by Gasteiger charge is 2.22. The Morgan fingerprint density at radius 2 is 1.80 bits per heavy atom. The zero-order valence-electron chi connectivity index (χ0n) is 17.9. The number of benzene rings is 2. The molecule has 5 nitrogen and oxygen atoms in total. The van der Waals surface area contributed by atoms with Crippen LogP contribution in [0.25, 0.3) is 5.69 Å². The largest absolute Gasteiger partial charge is 0.439 e. The van der Waals surface area contributed by atoms with Gasteiger partial charge in [-0.1, -0.05) is 32.0 Å². The highest BCUT2D eigenvalue weighted by atomic mass is 19.1. The first-order chi connectivity index (χ1) is 14.5. The van der Waals surface area contributed by atoms with E-state index in [0.29, 0.717) is 31.1 Å². The van der Waals surface area contributed by atoms with Gasteiger partial charge >= 0.3 is 0 Å². The number of halogens is 1. The average molecular weight is 412 g/mol. The van der Waals surface area contributed by atoms with E-state index in [9.17, 15) is 9.50 Å². The van der Waals surface area contributed by atoms with Crippen LogP contribution >= 0.6 is 0 Å². The molecule has 3 rings (SSSR count). The van der Waals surface area contributed by atoms with E-state index in [4.69, 9.17) is 9.84 Å². The molecule has 30 heavy (non-hydrogen) atoms. The summed E-state index contributed by atoms with van der Waals surface area (Å²) in [5, 5.41) is 14.9. The first-order valence-electron chi connectivity index (χ1n) is 10.5. The molecule has 3 aromatic rings. The van der Waals surface area contributed by atoms with Gasteiger partial charge in [0.25, 0.3) is 0 Å². The van der Waals surface area contributed by atoms with Gasteiger partial charge in [0, 0.05) is 13.1 Å². The average Bonchev–Trinajstić information content (AvgIpc) is 3.05. The van der Waals surface area contributed by atoms with Gasteiger partial charge in [0.05, 0.1) is 23.0 Å². The first kappa shape index (κ1) is 22.0. The third kappa shape index (κ3) is 5.46. The molecule has 0 aliphatic rings. The fourth-order valence-corrected chi connectivity index (χ4v) is 3.39. The predicted octanol–water partition coefficient (Wildman–Crippen LogP) is 5.10. The molecule has 0 radical (unpaired) electrons. The van der Waals surface area contributed by atoms with Crippen LogP contribution in [0.5, 0.6) is 11.6 Å². The lowest BCUT2D eigenvalue weighted by Crippen LogP contribution is -2.32. The van der Waals surface area contributed by atoms with E-state index in [1.165, 1.54) is 12.1 Å². The summed E-state index contributed by atoms with van der Waals surface area (Å²) >= 11 is 0. The van der Waals surface area contributed by atoms with Gasteiger partial charge in [-0.05, 0) is 62.7 Å². The molecule has 1 N–H and O–H groups in total. The van der Waals surface area contributed by atoms with Crippen molar-refractivity contribution in [3.8, 4) is 17.3 Å². The molecule has 0 fully saturated rings. The molecule has 0 unspecified atom stereocenters. The van der Waals surface area contributed by atoms with Crippen LogP contribution < -0.4 is 4.74 Å². The molecule has 2 aromatic carbocycles. The molecule has 0 bridgehead atoms. The van der Waals surface area contributed by atoms with Crippen LogP contribution in [0.1, 0.15) is 37.9 Å². The predicted molar refractivity (Wildman–Crippen MR) is 117 cm³/mol. The van der Waals surface area contributed by atoms with Gasteiger partial charge in [-0.15, -0.1) is 0 Å². The number of rotatable bonds is 10. The number of aryl methyl sites for hydroxylation is 1. The normalized spacial score (nSPS) is 12.3. The van der Waals surface area contributed by atoms with Crippen LogP contribution in [0.2, 0.25) is 0 Å². The monoisotopic (exact) mass is 411 g/mol. The van der Waals surface area contributed by atoms with Crippen molar-refractivity contribution >= 4 is 0 Å². The molecular formula is C24H30FN3O2. The summed E-state index contributed by atoms with van der Waals surface area (Å²) in [4.78, 5) is 2.23. The second-order valence-corrected chi connectivity index (χ2v) is 7.47. The maximum absolute atomic E-state index is 13.4. The molecule has 0 saturated heterocycles. The lowest BCUT2D eigenvalue weighted by Gasteiger charge is -2.24. The van der Waals surface area contributed by atoms with Crippen LogP contribution in [0.4, 0.5) is 4.39 Å². The number of nitrogens with zero attached hydrogens (tertiary/aromatic N) is 3. The fourth-order valence-electron chi connectivity index (χ4n) is 3.39. The van der Waals surface area contributed by atoms with Crippen LogP contribution in [0.15, 0.2) is 54.6 Å². The standard InChI is InChI=1S/C24H30FN3O2/c1-4-15-27(16-21(29)5-2)17-23-18(3)26-28(20-9-7-6-8-10-20)24(23)30-22-13-11-19(25)12-14-22/h6-14,21,29H,4-5,15-17H2,1-3H3/t21-/m1/s1. The molecule has 1 aromatic heterocycles. The molecule has 1 heterocycles. The minimum absolute atomic E-state index is 0.307. The third-order valence-corrected chi connectivity index (χ3v) is 5.03. The fraction of sp³-hybridized carbons (Fsp3) is 0.375. The Balaban J connectivity index is 2.00. The van der Waals surface area contributed by atoms with Crippen molar-refractivity contribution in [3.05, 3.63) is 71.7 Å². The van der Waals surface area contributed by atoms with E-state index < -0.39 is 0 Å². The number of aliphatic hydroxyl groups excluding tert-OH is 1. The van der Waals surface area contributed by atoms with E-state index in [0.717, 1.165) is 29.9 Å². The number of aromatic nitrogens is 2. The second-order valence-electron chi connectivity index (χ2n) is 7.47. The van der Waals surface area contributed by atoms with E-state index in [2.05, 4.69) is 11.8 Å². The van der Waals surface area contributed by atoms with Gasteiger partial charge in [0.2, 0.25) is 5.88 Å². The Morgan fingerprint density at radius 3 is 2.43 bits per heavy atom. The summed E-state index contributed by atoms with van der Waals surface area (Å²) in [7, 11) is 0. The molecule has 0 aliphatic carbocycles. The Bertz CT molecular complexity index is 926. The molecule has 1 atom stereocenters. The maximum Gasteiger partial charge on any atom is 0.227 e. The summed E-state index contributed by atoms with van der Waals surface area (Å²) in [6.45, 7) is 8.14. The maximum atomic E-state index is 13.4. The van der Waals surface area contributed by atoms with Gasteiger partial charge < -0.3 is 9.84 Å². The molecule has 0 saturated carbocycles. The van der Waals surface area contributed by atoms with Gasteiger partial charge in [-0.25, -0.2) is 9.07 Å². The van der Waals surface area contributed by atoms with Crippen LogP contribution in [0, 0.1) is 12.7 Å². The van der Waals surface area contributed by atoms with Crippen molar-refractivity contribution in [1.29, 1.82) is 0 Å². The Kier molecular flexibility index (Phi) is 7.60. The smallest absolute Gasteiger partial charge is 0.227 e. The Morgan fingerprint density at radius 1 is 1.10 bits per heavy atom. The number of para-hydroxylation sites is 1. The van der Waals surface area contributed by atoms with Gasteiger partial charge in [-0.2, -0.15) is 5.10 Å². The summed E-state index contributed by atoms with van der Waals surface area (Å²) in [6, 6.07) is 15.8. The first-order valence-corrected chi connectivity index (χ1v) is 10.5. The minimum atomic E-state index is -0.373. The molecule has 0 aliphatic heterocycles. The van der Waals surface area contributed by atoms with Crippen LogP contribution in [0.3, 0.4) is 0 Å². The van der Waals surface area contributed by atoms with Crippen molar-refractivity contribution in [3.63, 3.8) is 0 Å². The molecular weight excluding hydrogens is 381 g/mol. The zero-order chi connectivity index (χ0) is 21.5. The van der Waals surface area contributed by atoms with E-state index in [1.54, 1.807) is 16.8 Å². The SMILES string of the molecule is CCCN(Cc1c(C)nn(-c2ccccc2)c1Oc1ccc(F)cc1)C[C@H](O)CC. The lowest BCUT2D eigenvalue weighted by molar-refractivity contribution is 0.105. The van der Waals surface area contributed by atoms with Crippen LogP contribution in [-0.4, -0.2) is 39.0 Å². The number of hydrogen-bond acceptors (Lipinski definition) is 4. The quantitative estimate of drug-likeness (QED) is 0.505. The molecule has 160 valence electrons. The highest BCUT2D eigenvalue weighted by molar-refractivity contribution is 5.43. The van der Waals surface area contributed by atoms with Crippen molar-refractivity contribution in [1.82, 2.24) is 14.7 Å². The van der Waals surface area contributed by atoms with Crippen molar-refractivity contribution in [2.75, 3.05) is 13.1 Å². The lowest BCUT2D eigenvalue weighted by atomic mass is 10.2. The van der Waals surface area contributed by atoms with Crippen molar-refractivity contribution in [2.24, 2.45) is 0 Å². The van der Waals surface area contributed by atoms with Crippen molar-refractivity contribution in [2.45, 2.75) is 46.3 Å². The molecule has 6 heteroatoms.